The fourth-order valence-corrected chi connectivity index (χ4v) is 1.27. The van der Waals surface area contributed by atoms with Crippen LogP contribution in [0.1, 0.15) is 10.4 Å². The number of nitrogens with two attached hydrogens (primary N) is 1. The zero-order chi connectivity index (χ0) is 13.4. The zero-order valence-electron chi connectivity index (χ0n) is 9.78. The Morgan fingerprint density at radius 3 is 2.39 bits per heavy atom. The average Bonchev–Trinajstić information content (AvgIpc) is 2.41. The third kappa shape index (κ3) is 4.79. The van der Waals surface area contributed by atoms with Gasteiger partial charge in [-0.2, -0.15) is 0 Å². The second-order valence-electron chi connectivity index (χ2n) is 3.48. The second kappa shape index (κ2) is 7.23. The molecule has 1 fully saturated rings. The second-order valence-corrected chi connectivity index (χ2v) is 3.48. The lowest BCUT2D eigenvalue weighted by Gasteiger charge is -2.24. The highest BCUT2D eigenvalue weighted by Crippen LogP contribution is 1.94. The third-order valence-corrected chi connectivity index (χ3v) is 2.23. The number of primary amides is 1. The molecule has 1 aliphatic heterocycles. The van der Waals surface area contributed by atoms with Gasteiger partial charge in [-0.25, -0.2) is 9.59 Å². The molecule has 2 rings (SSSR count). The van der Waals surface area contributed by atoms with Crippen molar-refractivity contribution >= 4 is 12.0 Å². The summed E-state index contributed by atoms with van der Waals surface area (Å²) >= 11 is 0. The molecule has 7 nitrogen and oxygen atoms in total. The van der Waals surface area contributed by atoms with E-state index in [0.29, 0.717) is 26.3 Å². The smallest absolute Gasteiger partial charge is 0.337 e. The Bertz CT molecular complexity index is 391. The number of urea groups is 1. The number of rotatable bonds is 1. The minimum absolute atomic E-state index is 0.220. The molecular formula is C11H15N3O4. The summed E-state index contributed by atoms with van der Waals surface area (Å²) < 4.78 is 5.00. The molecule has 18 heavy (non-hydrogen) atoms. The molecule has 1 aromatic rings. The Morgan fingerprint density at radius 2 is 2.06 bits per heavy atom. The molecule has 7 heteroatoms. The van der Waals surface area contributed by atoms with Gasteiger partial charge >= 0.3 is 12.0 Å². The Balaban J connectivity index is 0.000000180. The van der Waals surface area contributed by atoms with Gasteiger partial charge in [-0.3, -0.25) is 4.98 Å². The van der Waals surface area contributed by atoms with Crippen LogP contribution in [0.25, 0.3) is 0 Å². The summed E-state index contributed by atoms with van der Waals surface area (Å²) in [4.78, 5) is 25.8. The van der Waals surface area contributed by atoms with Crippen molar-refractivity contribution < 1.29 is 19.4 Å². The molecule has 3 N–H and O–H groups in total. The number of aromatic nitrogens is 1. The van der Waals surface area contributed by atoms with E-state index in [0.717, 1.165) is 0 Å². The molecule has 0 atom stereocenters. The van der Waals surface area contributed by atoms with Gasteiger partial charge in [-0.1, -0.05) is 0 Å². The van der Waals surface area contributed by atoms with E-state index >= 15 is 0 Å². The van der Waals surface area contributed by atoms with Gasteiger partial charge in [0.1, 0.15) is 0 Å². The van der Waals surface area contributed by atoms with E-state index in [1.165, 1.54) is 18.5 Å². The highest BCUT2D eigenvalue weighted by Gasteiger charge is 2.12. The summed E-state index contributed by atoms with van der Waals surface area (Å²) in [6.07, 6.45) is 2.84. The highest BCUT2D eigenvalue weighted by molar-refractivity contribution is 5.86. The molecule has 2 amide bonds. The van der Waals surface area contributed by atoms with E-state index in [-0.39, 0.29) is 11.6 Å². The summed E-state index contributed by atoms with van der Waals surface area (Å²) in [5.41, 5.74) is 5.22. The fraction of sp³-hybridized carbons (Fsp3) is 0.364. The Hall–Kier alpha value is -2.15. The number of carbonyl (C=O) groups is 2. The average molecular weight is 253 g/mol. The van der Waals surface area contributed by atoms with Crippen molar-refractivity contribution in [2.75, 3.05) is 26.3 Å². The van der Waals surface area contributed by atoms with Gasteiger partial charge in [0.15, 0.2) is 0 Å². The Morgan fingerprint density at radius 1 is 1.39 bits per heavy atom. The van der Waals surface area contributed by atoms with Gasteiger partial charge in [0.05, 0.1) is 18.8 Å². The number of carboxylic acid groups (broad SMARTS) is 1. The number of ether oxygens (including phenoxy) is 1. The van der Waals surface area contributed by atoms with Crippen LogP contribution in [0.15, 0.2) is 24.5 Å². The first-order valence-corrected chi connectivity index (χ1v) is 5.36. The monoisotopic (exact) mass is 253 g/mol. The summed E-state index contributed by atoms with van der Waals surface area (Å²) in [5, 5.41) is 8.34. The van der Waals surface area contributed by atoms with Crippen molar-refractivity contribution in [1.29, 1.82) is 0 Å². The van der Waals surface area contributed by atoms with E-state index in [1.54, 1.807) is 11.0 Å². The normalized spacial score (nSPS) is 14.3. The SMILES string of the molecule is NC(=O)N1CCOCC1.O=C(O)c1cccnc1. The summed E-state index contributed by atoms with van der Waals surface area (Å²) in [7, 11) is 0. The maximum absolute atomic E-state index is 10.4. The lowest BCUT2D eigenvalue weighted by Crippen LogP contribution is -2.43. The first-order valence-electron chi connectivity index (χ1n) is 5.36. The van der Waals surface area contributed by atoms with Crippen molar-refractivity contribution in [3.63, 3.8) is 0 Å². The minimum atomic E-state index is -0.942. The molecule has 98 valence electrons. The molecule has 0 bridgehead atoms. The quantitative estimate of drug-likeness (QED) is 0.742. The van der Waals surface area contributed by atoms with Gasteiger partial charge < -0.3 is 20.5 Å². The zero-order valence-corrected chi connectivity index (χ0v) is 9.78. The van der Waals surface area contributed by atoms with Crippen LogP contribution < -0.4 is 5.73 Å². The van der Waals surface area contributed by atoms with Crippen molar-refractivity contribution in [2.45, 2.75) is 0 Å². The molecule has 0 saturated carbocycles. The van der Waals surface area contributed by atoms with E-state index in [2.05, 4.69) is 4.98 Å². The van der Waals surface area contributed by atoms with Gasteiger partial charge in [0, 0.05) is 25.5 Å². The van der Waals surface area contributed by atoms with E-state index < -0.39 is 5.97 Å². The van der Waals surface area contributed by atoms with Crippen LogP contribution in [-0.2, 0) is 4.74 Å². The maximum atomic E-state index is 10.4. The number of carboxylic acids is 1. The van der Waals surface area contributed by atoms with E-state index in [4.69, 9.17) is 15.6 Å². The summed E-state index contributed by atoms with van der Waals surface area (Å²) in [6, 6.07) is 2.73. The minimum Gasteiger partial charge on any atom is -0.478 e. The molecular weight excluding hydrogens is 238 g/mol. The molecule has 1 saturated heterocycles. The lowest BCUT2D eigenvalue weighted by atomic mass is 10.3. The first-order chi connectivity index (χ1) is 8.61. The number of carbonyl (C=O) groups excluding carboxylic acids is 1. The largest absolute Gasteiger partial charge is 0.478 e. The number of aromatic carboxylic acids is 1. The fourth-order valence-electron chi connectivity index (χ4n) is 1.27. The first kappa shape index (κ1) is 13.9. The molecule has 0 spiro atoms. The number of hydrogen-bond donors (Lipinski definition) is 2. The standard InChI is InChI=1S/C6H5NO2.C5H10N2O2/c8-6(9)5-2-1-3-7-4-5;6-5(8)7-1-3-9-4-2-7/h1-4H,(H,8,9);1-4H2,(H2,6,8). The predicted molar refractivity (Wildman–Crippen MR) is 63.2 cm³/mol. The molecule has 1 aliphatic rings. The Labute approximate surface area is 104 Å². The number of morpholine rings is 1. The van der Waals surface area contributed by atoms with Gasteiger partial charge in [-0.05, 0) is 12.1 Å². The van der Waals surface area contributed by atoms with E-state index in [9.17, 15) is 9.59 Å². The van der Waals surface area contributed by atoms with Crippen molar-refractivity contribution in [3.8, 4) is 0 Å². The van der Waals surface area contributed by atoms with Crippen LogP contribution in [0, 0.1) is 0 Å². The summed E-state index contributed by atoms with van der Waals surface area (Å²) in [5.74, 6) is -0.942. The third-order valence-electron chi connectivity index (χ3n) is 2.23. The Kier molecular flexibility index (Phi) is 5.59. The molecule has 1 aromatic heterocycles. The van der Waals surface area contributed by atoms with Crippen molar-refractivity contribution in [3.05, 3.63) is 30.1 Å². The van der Waals surface area contributed by atoms with Crippen LogP contribution in [0.4, 0.5) is 4.79 Å². The molecule has 0 aromatic carbocycles. The maximum Gasteiger partial charge on any atom is 0.337 e. The molecule has 0 radical (unpaired) electrons. The van der Waals surface area contributed by atoms with Gasteiger partial charge in [-0.15, -0.1) is 0 Å². The van der Waals surface area contributed by atoms with Crippen LogP contribution >= 0.6 is 0 Å². The predicted octanol–water partition coefficient (Wildman–Crippen LogP) is 0.177. The van der Waals surface area contributed by atoms with Gasteiger partial charge in [0.25, 0.3) is 0 Å². The van der Waals surface area contributed by atoms with Crippen LogP contribution in [-0.4, -0.2) is 53.3 Å². The molecule has 2 heterocycles. The molecule has 0 aliphatic carbocycles. The van der Waals surface area contributed by atoms with Crippen LogP contribution in [0.3, 0.4) is 0 Å². The summed E-state index contributed by atoms with van der Waals surface area (Å²) in [6.45, 7) is 2.50. The number of pyridine rings is 1. The molecule has 0 unspecified atom stereocenters. The lowest BCUT2D eigenvalue weighted by molar-refractivity contribution is 0.0554. The van der Waals surface area contributed by atoms with Crippen molar-refractivity contribution in [1.82, 2.24) is 9.88 Å². The topological polar surface area (TPSA) is 106 Å². The number of nitrogens with zero attached hydrogens (tertiary/aromatic N) is 2. The van der Waals surface area contributed by atoms with E-state index in [1.807, 2.05) is 0 Å². The number of hydrogen-bond acceptors (Lipinski definition) is 4. The van der Waals surface area contributed by atoms with Gasteiger partial charge in [0.2, 0.25) is 0 Å². The number of amides is 2. The van der Waals surface area contributed by atoms with Crippen LogP contribution in [0.5, 0.6) is 0 Å². The van der Waals surface area contributed by atoms with Crippen molar-refractivity contribution in [2.24, 2.45) is 5.73 Å². The highest BCUT2D eigenvalue weighted by atomic mass is 16.5. The van der Waals surface area contributed by atoms with Crippen LogP contribution in [0.2, 0.25) is 0 Å².